The summed E-state index contributed by atoms with van der Waals surface area (Å²) in [5.41, 5.74) is 1.81. The van der Waals surface area contributed by atoms with Crippen LogP contribution in [-0.4, -0.2) is 19.5 Å². The first-order valence-corrected chi connectivity index (χ1v) is 11.7. The van der Waals surface area contributed by atoms with Crippen LogP contribution in [0.4, 0.5) is 0 Å². The maximum Gasteiger partial charge on any atom is 0.241 e. The topological polar surface area (TPSA) is 68.3 Å². The number of thiophene rings is 1. The zero-order chi connectivity index (χ0) is 19.6. The Labute approximate surface area is 168 Å². The standard InChI is InChI=1S/C19H22N2O3S3/c1-12(2)24-16-7-5-15(6-8-16)10-20-27(22,23)18-9-17(26-14(18)4)19-21-13(3)11-25-19/h5-9,11-12,20H,10H2,1-4H3. The van der Waals surface area contributed by atoms with Gasteiger partial charge < -0.3 is 4.74 Å². The second kappa shape index (κ2) is 8.10. The lowest BCUT2D eigenvalue weighted by molar-refractivity contribution is 0.242. The third kappa shape index (κ3) is 4.95. The fourth-order valence-electron chi connectivity index (χ4n) is 2.52. The quantitative estimate of drug-likeness (QED) is 0.596. The monoisotopic (exact) mass is 422 g/mol. The van der Waals surface area contributed by atoms with E-state index in [0.29, 0.717) is 4.90 Å². The van der Waals surface area contributed by atoms with E-state index in [1.807, 2.05) is 57.3 Å². The highest BCUT2D eigenvalue weighted by Crippen LogP contribution is 2.35. The van der Waals surface area contributed by atoms with E-state index >= 15 is 0 Å². The van der Waals surface area contributed by atoms with Crippen LogP contribution >= 0.6 is 22.7 Å². The lowest BCUT2D eigenvalue weighted by Gasteiger charge is -2.10. The van der Waals surface area contributed by atoms with Crippen LogP contribution in [0.2, 0.25) is 0 Å². The van der Waals surface area contributed by atoms with Crippen LogP contribution in [0.25, 0.3) is 9.88 Å². The molecule has 0 spiro atoms. The average molecular weight is 423 g/mol. The third-order valence-corrected chi connectivity index (χ3v) is 7.59. The smallest absolute Gasteiger partial charge is 0.241 e. The van der Waals surface area contributed by atoms with Gasteiger partial charge in [0, 0.05) is 22.5 Å². The lowest BCUT2D eigenvalue weighted by Crippen LogP contribution is -2.23. The Kier molecular flexibility index (Phi) is 6.00. The summed E-state index contributed by atoms with van der Waals surface area (Å²) < 4.78 is 33.8. The third-order valence-electron chi connectivity index (χ3n) is 3.75. The molecule has 0 unspecified atom stereocenters. The number of nitrogens with zero attached hydrogens (tertiary/aromatic N) is 1. The molecule has 0 aliphatic heterocycles. The molecule has 3 aromatic rings. The summed E-state index contributed by atoms with van der Waals surface area (Å²) in [4.78, 5) is 6.39. The van der Waals surface area contributed by atoms with Gasteiger partial charge in [-0.25, -0.2) is 18.1 Å². The van der Waals surface area contributed by atoms with Crippen LogP contribution < -0.4 is 9.46 Å². The van der Waals surface area contributed by atoms with Crippen molar-refractivity contribution in [1.29, 1.82) is 0 Å². The van der Waals surface area contributed by atoms with Gasteiger partial charge in [-0.2, -0.15) is 0 Å². The number of thiazole rings is 1. The van der Waals surface area contributed by atoms with Crippen molar-refractivity contribution in [1.82, 2.24) is 9.71 Å². The van der Waals surface area contributed by atoms with Crippen LogP contribution in [0.3, 0.4) is 0 Å². The van der Waals surface area contributed by atoms with E-state index in [1.54, 1.807) is 6.07 Å². The highest BCUT2D eigenvalue weighted by molar-refractivity contribution is 7.89. The van der Waals surface area contributed by atoms with Gasteiger partial charge in [-0.3, -0.25) is 0 Å². The molecule has 8 heteroatoms. The molecule has 0 atom stereocenters. The van der Waals surface area contributed by atoms with Gasteiger partial charge in [-0.05, 0) is 51.5 Å². The van der Waals surface area contributed by atoms with Crippen LogP contribution in [0.15, 0.2) is 40.6 Å². The lowest BCUT2D eigenvalue weighted by atomic mass is 10.2. The van der Waals surface area contributed by atoms with E-state index in [9.17, 15) is 8.42 Å². The van der Waals surface area contributed by atoms with E-state index < -0.39 is 10.0 Å². The molecular formula is C19H22N2O3S3. The molecule has 27 heavy (non-hydrogen) atoms. The number of ether oxygens (including phenoxy) is 1. The molecule has 0 radical (unpaired) electrons. The average Bonchev–Trinajstić information content (AvgIpc) is 3.20. The molecule has 0 fully saturated rings. The minimum Gasteiger partial charge on any atom is -0.491 e. The molecule has 0 aliphatic rings. The number of sulfonamides is 1. The number of benzene rings is 1. The largest absolute Gasteiger partial charge is 0.491 e. The van der Waals surface area contributed by atoms with Crippen molar-refractivity contribution in [2.75, 3.05) is 0 Å². The molecule has 144 valence electrons. The first kappa shape index (κ1) is 20.0. The first-order valence-electron chi connectivity index (χ1n) is 8.53. The Morgan fingerprint density at radius 1 is 1.19 bits per heavy atom. The Morgan fingerprint density at radius 3 is 2.48 bits per heavy atom. The fraction of sp³-hybridized carbons (Fsp3) is 0.316. The molecule has 1 N–H and O–H groups in total. The minimum atomic E-state index is -3.59. The summed E-state index contributed by atoms with van der Waals surface area (Å²) >= 11 is 2.97. The minimum absolute atomic E-state index is 0.103. The van der Waals surface area contributed by atoms with Crippen molar-refractivity contribution in [3.05, 3.63) is 51.8 Å². The summed E-state index contributed by atoms with van der Waals surface area (Å²) in [6, 6.07) is 9.14. The highest BCUT2D eigenvalue weighted by atomic mass is 32.2. The molecule has 0 aliphatic carbocycles. The second-order valence-corrected chi connectivity index (χ2v) is 10.3. The number of aryl methyl sites for hydroxylation is 2. The van der Waals surface area contributed by atoms with Gasteiger partial charge in [0.1, 0.15) is 10.8 Å². The first-order chi connectivity index (χ1) is 12.7. The van der Waals surface area contributed by atoms with E-state index in [1.165, 1.54) is 22.7 Å². The van der Waals surface area contributed by atoms with Gasteiger partial charge in [-0.1, -0.05) is 12.1 Å². The molecule has 0 bridgehead atoms. The second-order valence-electron chi connectivity index (χ2n) is 6.46. The molecule has 0 saturated heterocycles. The fourth-order valence-corrected chi connectivity index (χ4v) is 5.99. The maximum atomic E-state index is 12.7. The number of hydrogen-bond donors (Lipinski definition) is 1. The van der Waals surface area contributed by atoms with Gasteiger partial charge in [0.2, 0.25) is 10.0 Å². The van der Waals surface area contributed by atoms with Crippen molar-refractivity contribution < 1.29 is 13.2 Å². The predicted molar refractivity (Wildman–Crippen MR) is 111 cm³/mol. The van der Waals surface area contributed by atoms with Gasteiger partial charge in [0.15, 0.2) is 0 Å². The Hall–Kier alpha value is -1.74. The summed E-state index contributed by atoms with van der Waals surface area (Å²) in [6.07, 6.45) is 0.103. The van der Waals surface area contributed by atoms with Crippen LogP contribution in [0.1, 0.15) is 30.0 Å². The van der Waals surface area contributed by atoms with Gasteiger partial charge >= 0.3 is 0 Å². The number of aromatic nitrogens is 1. The summed E-state index contributed by atoms with van der Waals surface area (Å²) in [5, 5.41) is 2.81. The Bertz CT molecular complexity index is 1020. The zero-order valence-corrected chi connectivity index (χ0v) is 18.1. The molecular weight excluding hydrogens is 400 g/mol. The number of hydrogen-bond acceptors (Lipinski definition) is 6. The van der Waals surface area contributed by atoms with Crippen molar-refractivity contribution in [3.8, 4) is 15.6 Å². The van der Waals surface area contributed by atoms with Crippen molar-refractivity contribution in [2.24, 2.45) is 0 Å². The van der Waals surface area contributed by atoms with Gasteiger partial charge in [-0.15, -0.1) is 22.7 Å². The van der Waals surface area contributed by atoms with Gasteiger partial charge in [0.05, 0.1) is 15.9 Å². The van der Waals surface area contributed by atoms with Crippen molar-refractivity contribution in [2.45, 2.75) is 45.2 Å². The zero-order valence-electron chi connectivity index (χ0n) is 15.6. The molecule has 5 nitrogen and oxygen atoms in total. The predicted octanol–water partition coefficient (Wildman–Crippen LogP) is 4.75. The van der Waals surface area contributed by atoms with E-state index in [0.717, 1.165) is 31.8 Å². The number of rotatable bonds is 7. The van der Waals surface area contributed by atoms with Crippen molar-refractivity contribution >= 4 is 32.7 Å². The molecule has 0 amide bonds. The van der Waals surface area contributed by atoms with Gasteiger partial charge in [0.25, 0.3) is 0 Å². The van der Waals surface area contributed by atoms with E-state index in [4.69, 9.17) is 4.74 Å². The van der Waals surface area contributed by atoms with Crippen LogP contribution in [0.5, 0.6) is 5.75 Å². The Balaban J connectivity index is 1.72. The molecule has 2 aromatic heterocycles. The molecule has 2 heterocycles. The van der Waals surface area contributed by atoms with Crippen LogP contribution in [-0.2, 0) is 16.6 Å². The van der Waals surface area contributed by atoms with Crippen molar-refractivity contribution in [3.63, 3.8) is 0 Å². The van der Waals surface area contributed by atoms with Crippen LogP contribution in [0, 0.1) is 13.8 Å². The SMILES string of the molecule is Cc1csc(-c2cc(S(=O)(=O)NCc3ccc(OC(C)C)cc3)c(C)s2)n1. The molecule has 0 saturated carbocycles. The summed E-state index contributed by atoms with van der Waals surface area (Å²) in [7, 11) is -3.59. The Morgan fingerprint density at radius 2 is 1.89 bits per heavy atom. The number of nitrogens with one attached hydrogen (secondary N) is 1. The molecule has 1 aromatic carbocycles. The normalized spacial score (nSPS) is 11.9. The molecule has 3 rings (SSSR count). The summed E-state index contributed by atoms with van der Waals surface area (Å²) in [6.45, 7) is 7.91. The summed E-state index contributed by atoms with van der Waals surface area (Å²) in [5.74, 6) is 0.772. The maximum absolute atomic E-state index is 12.7. The highest BCUT2D eigenvalue weighted by Gasteiger charge is 2.21. The van der Waals surface area contributed by atoms with E-state index in [-0.39, 0.29) is 12.6 Å². The van der Waals surface area contributed by atoms with E-state index in [2.05, 4.69) is 9.71 Å².